The van der Waals surface area contributed by atoms with Crippen LogP contribution in [0.15, 0.2) is 0 Å². The topological polar surface area (TPSA) is 41.6 Å². The second-order valence-electron chi connectivity index (χ2n) is 6.08. The first-order valence-corrected chi connectivity index (χ1v) is 8.23. The van der Waals surface area contributed by atoms with Crippen LogP contribution in [-0.2, 0) is 4.74 Å². The minimum absolute atomic E-state index is 0.0677. The van der Waals surface area contributed by atoms with E-state index >= 15 is 0 Å². The summed E-state index contributed by atoms with van der Waals surface area (Å²) < 4.78 is 5.48. The van der Waals surface area contributed by atoms with Gasteiger partial charge in [0.2, 0.25) is 0 Å². The Morgan fingerprint density at radius 2 is 1.85 bits per heavy atom. The van der Waals surface area contributed by atoms with Gasteiger partial charge >= 0.3 is 6.03 Å². The normalized spacial score (nSPS) is 22.6. The molecule has 0 aromatic carbocycles. The molecule has 1 N–H and O–H groups in total. The zero-order valence-electron chi connectivity index (χ0n) is 13.5. The molecule has 1 saturated carbocycles. The summed E-state index contributed by atoms with van der Waals surface area (Å²) >= 11 is 0. The molecule has 4 heteroatoms. The van der Waals surface area contributed by atoms with Gasteiger partial charge in [-0.05, 0) is 44.4 Å². The van der Waals surface area contributed by atoms with Crippen LogP contribution in [0.5, 0.6) is 0 Å². The van der Waals surface area contributed by atoms with E-state index in [-0.39, 0.29) is 6.03 Å². The van der Waals surface area contributed by atoms with E-state index in [1.165, 1.54) is 19.3 Å². The fraction of sp³-hybridized carbons (Fsp3) is 0.938. The zero-order chi connectivity index (χ0) is 14.8. The summed E-state index contributed by atoms with van der Waals surface area (Å²) in [6.07, 6.45) is 7.96. The van der Waals surface area contributed by atoms with E-state index in [2.05, 4.69) is 19.2 Å². The number of carbonyl (C=O) groups is 1. The highest BCUT2D eigenvalue weighted by Crippen LogP contribution is 2.26. The highest BCUT2D eigenvalue weighted by atomic mass is 16.5. The van der Waals surface area contributed by atoms with Crippen molar-refractivity contribution in [2.24, 2.45) is 5.92 Å². The number of urea groups is 1. The average Bonchev–Trinajstić information content (AvgIpc) is 2.46. The summed E-state index contributed by atoms with van der Waals surface area (Å²) in [5, 5.41) is 2.99. The van der Waals surface area contributed by atoms with Gasteiger partial charge in [0.15, 0.2) is 0 Å². The van der Waals surface area contributed by atoms with Gasteiger partial charge in [-0.2, -0.15) is 0 Å². The van der Waals surface area contributed by atoms with E-state index in [4.69, 9.17) is 4.74 Å². The second-order valence-corrected chi connectivity index (χ2v) is 6.08. The van der Waals surface area contributed by atoms with Gasteiger partial charge in [0.1, 0.15) is 0 Å². The summed E-state index contributed by atoms with van der Waals surface area (Å²) in [4.78, 5) is 13.9. The Hall–Kier alpha value is -0.770. The molecule has 4 nitrogen and oxygen atoms in total. The molecule has 0 atom stereocenters. The fourth-order valence-electron chi connectivity index (χ4n) is 2.64. The standard InChI is InChI=1S/C16H32N2O2/c1-4-5-12-20-13-6-11-17-16(19)18(3)15-9-7-14(2)8-10-15/h14-15H,4-13H2,1-3H3,(H,17,19). The van der Waals surface area contributed by atoms with E-state index in [1.54, 1.807) is 0 Å². The molecule has 118 valence electrons. The minimum atomic E-state index is 0.0677. The third-order valence-corrected chi connectivity index (χ3v) is 4.24. The summed E-state index contributed by atoms with van der Waals surface area (Å²) in [6.45, 7) is 6.74. The van der Waals surface area contributed by atoms with Crippen molar-refractivity contribution < 1.29 is 9.53 Å². The van der Waals surface area contributed by atoms with E-state index in [9.17, 15) is 4.79 Å². The van der Waals surface area contributed by atoms with Crippen LogP contribution in [0, 0.1) is 5.92 Å². The van der Waals surface area contributed by atoms with Gasteiger partial charge in [0.05, 0.1) is 0 Å². The first-order valence-electron chi connectivity index (χ1n) is 8.23. The predicted octanol–water partition coefficient (Wildman–Crippen LogP) is 3.41. The van der Waals surface area contributed by atoms with E-state index < -0.39 is 0 Å². The number of ether oxygens (including phenoxy) is 1. The maximum absolute atomic E-state index is 12.0. The number of hydrogen-bond donors (Lipinski definition) is 1. The van der Waals surface area contributed by atoms with Crippen molar-refractivity contribution in [3.8, 4) is 0 Å². The molecule has 1 rings (SSSR count). The Morgan fingerprint density at radius 3 is 2.50 bits per heavy atom. The maximum atomic E-state index is 12.0. The van der Waals surface area contributed by atoms with E-state index in [0.717, 1.165) is 44.8 Å². The Kier molecular flexibility index (Phi) is 8.67. The molecule has 20 heavy (non-hydrogen) atoms. The molecule has 2 amide bonds. The highest BCUT2D eigenvalue weighted by Gasteiger charge is 2.24. The van der Waals surface area contributed by atoms with Crippen molar-refractivity contribution in [2.75, 3.05) is 26.8 Å². The molecule has 0 aromatic heterocycles. The third kappa shape index (κ3) is 6.60. The van der Waals surface area contributed by atoms with Crippen LogP contribution in [0.25, 0.3) is 0 Å². The number of rotatable bonds is 8. The lowest BCUT2D eigenvalue weighted by Crippen LogP contribution is -2.45. The molecule has 0 aromatic rings. The van der Waals surface area contributed by atoms with Crippen LogP contribution in [0.1, 0.15) is 58.8 Å². The Morgan fingerprint density at radius 1 is 1.20 bits per heavy atom. The number of amides is 2. The first-order chi connectivity index (χ1) is 9.65. The van der Waals surface area contributed by atoms with Crippen molar-refractivity contribution in [3.63, 3.8) is 0 Å². The number of unbranched alkanes of at least 4 members (excludes halogenated alkanes) is 1. The lowest BCUT2D eigenvalue weighted by molar-refractivity contribution is 0.127. The third-order valence-electron chi connectivity index (χ3n) is 4.24. The van der Waals surface area contributed by atoms with Crippen molar-refractivity contribution >= 4 is 6.03 Å². The van der Waals surface area contributed by atoms with Crippen molar-refractivity contribution in [2.45, 2.75) is 64.8 Å². The van der Waals surface area contributed by atoms with Crippen LogP contribution in [-0.4, -0.2) is 43.8 Å². The molecule has 0 aliphatic heterocycles. The molecule has 0 radical (unpaired) electrons. The van der Waals surface area contributed by atoms with E-state index in [0.29, 0.717) is 12.6 Å². The highest BCUT2D eigenvalue weighted by molar-refractivity contribution is 5.74. The summed E-state index contributed by atoms with van der Waals surface area (Å²) in [5.41, 5.74) is 0. The number of hydrogen-bond acceptors (Lipinski definition) is 2. The molecule has 0 spiro atoms. The van der Waals surface area contributed by atoms with Crippen molar-refractivity contribution in [3.05, 3.63) is 0 Å². The van der Waals surface area contributed by atoms with E-state index in [1.807, 2.05) is 11.9 Å². The van der Waals surface area contributed by atoms with Gasteiger partial charge in [-0.15, -0.1) is 0 Å². The fourth-order valence-corrected chi connectivity index (χ4v) is 2.64. The average molecular weight is 284 g/mol. The van der Waals surface area contributed by atoms with Gasteiger partial charge in [-0.3, -0.25) is 0 Å². The molecule has 0 unspecified atom stereocenters. The van der Waals surface area contributed by atoms with Crippen molar-refractivity contribution in [1.82, 2.24) is 10.2 Å². The quantitative estimate of drug-likeness (QED) is 0.694. The van der Waals surface area contributed by atoms with Crippen LogP contribution >= 0.6 is 0 Å². The summed E-state index contributed by atoms with van der Waals surface area (Å²) in [5.74, 6) is 0.822. The predicted molar refractivity (Wildman–Crippen MR) is 82.9 cm³/mol. The molecule has 0 saturated heterocycles. The molecular weight excluding hydrogens is 252 g/mol. The van der Waals surface area contributed by atoms with Crippen LogP contribution in [0.2, 0.25) is 0 Å². The Balaban J connectivity index is 2.06. The molecule has 1 fully saturated rings. The molecule has 0 bridgehead atoms. The van der Waals surface area contributed by atoms with Gasteiger partial charge in [-0.25, -0.2) is 4.79 Å². The van der Waals surface area contributed by atoms with Gasteiger partial charge in [0.25, 0.3) is 0 Å². The zero-order valence-corrected chi connectivity index (χ0v) is 13.5. The lowest BCUT2D eigenvalue weighted by Gasteiger charge is -2.33. The molecule has 1 aliphatic rings. The van der Waals surface area contributed by atoms with Crippen LogP contribution in [0.3, 0.4) is 0 Å². The molecular formula is C16H32N2O2. The van der Waals surface area contributed by atoms with Crippen LogP contribution in [0.4, 0.5) is 4.79 Å². The maximum Gasteiger partial charge on any atom is 0.317 e. The Labute approximate surface area is 124 Å². The number of nitrogens with zero attached hydrogens (tertiary/aromatic N) is 1. The van der Waals surface area contributed by atoms with Crippen LogP contribution < -0.4 is 5.32 Å². The Bertz CT molecular complexity index is 263. The second kappa shape index (κ2) is 10.0. The largest absolute Gasteiger partial charge is 0.381 e. The number of carbonyl (C=O) groups excluding carboxylic acids is 1. The summed E-state index contributed by atoms with van der Waals surface area (Å²) in [6, 6.07) is 0.491. The minimum Gasteiger partial charge on any atom is -0.381 e. The first kappa shape index (κ1) is 17.3. The van der Waals surface area contributed by atoms with Gasteiger partial charge in [-0.1, -0.05) is 20.3 Å². The smallest absolute Gasteiger partial charge is 0.317 e. The molecule has 1 aliphatic carbocycles. The van der Waals surface area contributed by atoms with Crippen molar-refractivity contribution in [1.29, 1.82) is 0 Å². The monoisotopic (exact) mass is 284 g/mol. The van der Waals surface area contributed by atoms with Gasteiger partial charge < -0.3 is 15.0 Å². The molecule has 0 heterocycles. The SMILES string of the molecule is CCCCOCCCNC(=O)N(C)C1CCC(C)CC1. The summed E-state index contributed by atoms with van der Waals surface area (Å²) in [7, 11) is 1.92. The number of nitrogens with one attached hydrogen (secondary N) is 1. The van der Waals surface area contributed by atoms with Gasteiger partial charge in [0, 0.05) is 32.8 Å². The lowest BCUT2D eigenvalue weighted by atomic mass is 9.87.